The number of nitrogens with two attached hydrogens (primary N) is 1. The molecule has 3 rings (SSSR count). The van der Waals surface area contributed by atoms with E-state index in [0.717, 1.165) is 50.9 Å². The summed E-state index contributed by atoms with van der Waals surface area (Å²) in [5.74, 6) is 0.833. The second-order valence-electron chi connectivity index (χ2n) is 7.86. The van der Waals surface area contributed by atoms with Gasteiger partial charge in [0.15, 0.2) is 0 Å². The van der Waals surface area contributed by atoms with Crippen molar-refractivity contribution in [2.75, 3.05) is 26.2 Å². The molecule has 2 heterocycles. The molecule has 5 nitrogen and oxygen atoms in total. The number of rotatable bonds is 4. The van der Waals surface area contributed by atoms with Crippen molar-refractivity contribution in [3.05, 3.63) is 35.9 Å². The molecule has 2 amide bonds. The molecule has 0 aliphatic carbocycles. The third-order valence-electron chi connectivity index (χ3n) is 5.92. The SMILES string of the molecule is CC(N)C1CCN(C(=O)C2CCCN(C(=O)Cc3ccccc3)C2)CC1. The van der Waals surface area contributed by atoms with Gasteiger partial charge in [-0.05, 0) is 44.1 Å². The lowest BCUT2D eigenvalue weighted by molar-refractivity contribution is -0.141. The Balaban J connectivity index is 1.53. The maximum absolute atomic E-state index is 12.9. The number of likely N-dealkylation sites (tertiary alicyclic amines) is 2. The number of hydrogen-bond donors (Lipinski definition) is 1. The Kier molecular flexibility index (Phi) is 6.30. The van der Waals surface area contributed by atoms with Crippen LogP contribution in [0.1, 0.15) is 38.2 Å². The molecule has 0 radical (unpaired) electrons. The van der Waals surface area contributed by atoms with Crippen LogP contribution in [0.3, 0.4) is 0 Å². The fraction of sp³-hybridized carbons (Fsp3) is 0.619. The number of benzene rings is 1. The first-order valence-corrected chi connectivity index (χ1v) is 9.90. The lowest BCUT2D eigenvalue weighted by Gasteiger charge is -2.38. The highest BCUT2D eigenvalue weighted by molar-refractivity contribution is 5.82. The summed E-state index contributed by atoms with van der Waals surface area (Å²) in [5.41, 5.74) is 7.03. The normalized spacial score (nSPS) is 22.9. The van der Waals surface area contributed by atoms with Gasteiger partial charge in [-0.25, -0.2) is 0 Å². The van der Waals surface area contributed by atoms with Crippen LogP contribution in [-0.4, -0.2) is 53.8 Å². The molecular formula is C21H31N3O2. The van der Waals surface area contributed by atoms with Crippen LogP contribution in [0.15, 0.2) is 30.3 Å². The molecular weight excluding hydrogens is 326 g/mol. The molecule has 0 bridgehead atoms. The second-order valence-corrected chi connectivity index (χ2v) is 7.86. The maximum Gasteiger partial charge on any atom is 0.227 e. The molecule has 26 heavy (non-hydrogen) atoms. The molecule has 2 saturated heterocycles. The van der Waals surface area contributed by atoms with Crippen molar-refractivity contribution in [2.45, 2.75) is 45.1 Å². The summed E-state index contributed by atoms with van der Waals surface area (Å²) < 4.78 is 0. The quantitative estimate of drug-likeness (QED) is 0.897. The number of nitrogens with zero attached hydrogens (tertiary/aromatic N) is 2. The summed E-state index contributed by atoms with van der Waals surface area (Å²) in [5, 5.41) is 0. The van der Waals surface area contributed by atoms with Gasteiger partial charge in [0, 0.05) is 32.2 Å². The zero-order valence-corrected chi connectivity index (χ0v) is 15.8. The molecule has 2 fully saturated rings. The zero-order valence-electron chi connectivity index (χ0n) is 15.8. The lowest BCUT2D eigenvalue weighted by Crippen LogP contribution is -2.49. The second kappa shape index (κ2) is 8.67. The van der Waals surface area contributed by atoms with Crippen LogP contribution in [0.25, 0.3) is 0 Å². The highest BCUT2D eigenvalue weighted by Crippen LogP contribution is 2.24. The Labute approximate surface area is 156 Å². The molecule has 2 N–H and O–H groups in total. The number of amides is 2. The van der Waals surface area contributed by atoms with E-state index in [1.807, 2.05) is 40.1 Å². The summed E-state index contributed by atoms with van der Waals surface area (Å²) in [6, 6.07) is 10.0. The molecule has 142 valence electrons. The standard InChI is InChI=1S/C21H31N3O2/c1-16(22)18-9-12-23(13-10-18)21(26)19-8-5-11-24(15-19)20(25)14-17-6-3-2-4-7-17/h2-4,6-7,16,18-19H,5,8-15,22H2,1H3. The Hall–Kier alpha value is -1.88. The largest absolute Gasteiger partial charge is 0.342 e. The van der Waals surface area contributed by atoms with Gasteiger partial charge in [0.1, 0.15) is 0 Å². The molecule has 0 spiro atoms. The molecule has 2 unspecified atom stereocenters. The highest BCUT2D eigenvalue weighted by atomic mass is 16.2. The molecule has 5 heteroatoms. The van der Waals surface area contributed by atoms with E-state index in [1.165, 1.54) is 0 Å². The fourth-order valence-electron chi connectivity index (χ4n) is 4.19. The smallest absolute Gasteiger partial charge is 0.227 e. The van der Waals surface area contributed by atoms with E-state index in [4.69, 9.17) is 5.73 Å². The van der Waals surface area contributed by atoms with E-state index in [0.29, 0.717) is 18.9 Å². The van der Waals surface area contributed by atoms with Crippen molar-refractivity contribution in [3.63, 3.8) is 0 Å². The molecule has 1 aromatic rings. The Morgan fingerprint density at radius 2 is 1.77 bits per heavy atom. The molecule has 0 aromatic heterocycles. The molecule has 1 aromatic carbocycles. The predicted molar refractivity (Wildman–Crippen MR) is 102 cm³/mol. The van der Waals surface area contributed by atoms with Gasteiger partial charge in [-0.1, -0.05) is 30.3 Å². The van der Waals surface area contributed by atoms with Gasteiger partial charge in [-0.2, -0.15) is 0 Å². The van der Waals surface area contributed by atoms with Crippen LogP contribution >= 0.6 is 0 Å². The van der Waals surface area contributed by atoms with Crippen LogP contribution in [0.4, 0.5) is 0 Å². The maximum atomic E-state index is 12.9. The van der Waals surface area contributed by atoms with Crippen molar-refractivity contribution in [1.82, 2.24) is 9.80 Å². The van der Waals surface area contributed by atoms with E-state index in [1.54, 1.807) is 0 Å². The Bertz CT molecular complexity index is 609. The van der Waals surface area contributed by atoms with Gasteiger partial charge >= 0.3 is 0 Å². The minimum atomic E-state index is -0.0460. The summed E-state index contributed by atoms with van der Waals surface area (Å²) in [6.45, 7) is 5.00. The number of carbonyl (C=O) groups excluding carboxylic acids is 2. The molecule has 2 aliphatic heterocycles. The Morgan fingerprint density at radius 3 is 2.42 bits per heavy atom. The van der Waals surface area contributed by atoms with Crippen LogP contribution in [-0.2, 0) is 16.0 Å². The molecule has 0 saturated carbocycles. The summed E-state index contributed by atoms with van der Waals surface area (Å²) in [6.07, 6.45) is 4.20. The Morgan fingerprint density at radius 1 is 1.08 bits per heavy atom. The summed E-state index contributed by atoms with van der Waals surface area (Å²) in [4.78, 5) is 29.4. The van der Waals surface area contributed by atoms with Crippen LogP contribution in [0, 0.1) is 11.8 Å². The predicted octanol–water partition coefficient (Wildman–Crippen LogP) is 2.05. The van der Waals surface area contributed by atoms with E-state index in [-0.39, 0.29) is 23.8 Å². The van der Waals surface area contributed by atoms with Crippen LogP contribution in [0.2, 0.25) is 0 Å². The van der Waals surface area contributed by atoms with Crippen molar-refractivity contribution in [1.29, 1.82) is 0 Å². The van der Waals surface area contributed by atoms with Crippen molar-refractivity contribution >= 4 is 11.8 Å². The van der Waals surface area contributed by atoms with Crippen molar-refractivity contribution in [3.8, 4) is 0 Å². The number of hydrogen-bond acceptors (Lipinski definition) is 3. The first kappa shape index (κ1) is 18.9. The molecule has 2 atom stereocenters. The highest BCUT2D eigenvalue weighted by Gasteiger charge is 2.33. The monoisotopic (exact) mass is 357 g/mol. The van der Waals surface area contributed by atoms with Gasteiger partial charge in [0.05, 0.1) is 12.3 Å². The van der Waals surface area contributed by atoms with Gasteiger partial charge in [-0.15, -0.1) is 0 Å². The lowest BCUT2D eigenvalue weighted by atomic mass is 9.89. The van der Waals surface area contributed by atoms with Crippen molar-refractivity contribution in [2.24, 2.45) is 17.6 Å². The minimum absolute atomic E-state index is 0.0460. The third kappa shape index (κ3) is 4.64. The van der Waals surface area contributed by atoms with Crippen LogP contribution in [0.5, 0.6) is 0 Å². The average Bonchev–Trinajstić information content (AvgIpc) is 2.68. The van der Waals surface area contributed by atoms with E-state index in [9.17, 15) is 9.59 Å². The van der Waals surface area contributed by atoms with E-state index < -0.39 is 0 Å². The van der Waals surface area contributed by atoms with E-state index in [2.05, 4.69) is 6.92 Å². The minimum Gasteiger partial charge on any atom is -0.342 e. The zero-order chi connectivity index (χ0) is 18.5. The number of piperidine rings is 2. The van der Waals surface area contributed by atoms with E-state index >= 15 is 0 Å². The van der Waals surface area contributed by atoms with Gasteiger partial charge < -0.3 is 15.5 Å². The summed E-state index contributed by atoms with van der Waals surface area (Å²) >= 11 is 0. The van der Waals surface area contributed by atoms with Gasteiger partial charge in [-0.3, -0.25) is 9.59 Å². The molecule has 2 aliphatic rings. The van der Waals surface area contributed by atoms with Gasteiger partial charge in [0.25, 0.3) is 0 Å². The number of carbonyl (C=O) groups is 2. The van der Waals surface area contributed by atoms with Crippen LogP contribution < -0.4 is 5.73 Å². The average molecular weight is 357 g/mol. The summed E-state index contributed by atoms with van der Waals surface area (Å²) in [7, 11) is 0. The first-order valence-electron chi connectivity index (χ1n) is 9.90. The first-order chi connectivity index (χ1) is 12.5. The van der Waals surface area contributed by atoms with Crippen molar-refractivity contribution < 1.29 is 9.59 Å². The van der Waals surface area contributed by atoms with Gasteiger partial charge in [0.2, 0.25) is 11.8 Å². The fourth-order valence-corrected chi connectivity index (χ4v) is 4.19. The third-order valence-corrected chi connectivity index (χ3v) is 5.92. The topological polar surface area (TPSA) is 66.6 Å².